The Morgan fingerprint density at radius 1 is 0.860 bits per heavy atom. The summed E-state index contributed by atoms with van der Waals surface area (Å²) in [5.74, 6) is -6.98. The van der Waals surface area contributed by atoms with Crippen LogP contribution in [0.25, 0.3) is 0 Å². The van der Waals surface area contributed by atoms with E-state index in [2.05, 4.69) is 0 Å². The number of aliphatic hydroxyl groups is 1. The van der Waals surface area contributed by atoms with E-state index in [1.54, 1.807) is 89.2 Å². The Labute approximate surface area is 332 Å². The highest BCUT2D eigenvalue weighted by atomic mass is 16.6. The minimum Gasteiger partial charge on any atom is -0.455 e. The van der Waals surface area contributed by atoms with Gasteiger partial charge in [0.1, 0.15) is 23.9 Å². The Hall–Kier alpha value is -4.88. The third kappa shape index (κ3) is 6.86. The molecule has 3 aliphatic carbocycles. The zero-order valence-electron chi connectivity index (χ0n) is 33.9. The van der Waals surface area contributed by atoms with Crippen LogP contribution in [0.3, 0.4) is 0 Å². The van der Waals surface area contributed by atoms with E-state index < -0.39 is 106 Å². The van der Waals surface area contributed by atoms with E-state index in [4.69, 9.17) is 28.4 Å². The van der Waals surface area contributed by atoms with E-state index >= 15 is 4.79 Å². The van der Waals surface area contributed by atoms with Gasteiger partial charge in [-0.15, -0.1) is 0 Å². The van der Waals surface area contributed by atoms with Crippen molar-refractivity contribution in [1.29, 1.82) is 0 Å². The van der Waals surface area contributed by atoms with Gasteiger partial charge in [-0.05, 0) is 48.1 Å². The molecule has 2 aromatic rings. The van der Waals surface area contributed by atoms with Crippen molar-refractivity contribution in [2.45, 2.75) is 123 Å². The second-order valence-corrected chi connectivity index (χ2v) is 16.8. The van der Waals surface area contributed by atoms with Crippen LogP contribution in [0.15, 0.2) is 71.8 Å². The third-order valence-corrected chi connectivity index (χ3v) is 13.2. The summed E-state index contributed by atoms with van der Waals surface area (Å²) in [4.78, 5) is 82.5. The predicted molar refractivity (Wildman–Crippen MR) is 202 cm³/mol. The molecule has 1 unspecified atom stereocenters. The van der Waals surface area contributed by atoms with Crippen LogP contribution in [0.5, 0.6) is 0 Å². The van der Waals surface area contributed by atoms with Crippen molar-refractivity contribution in [3.63, 3.8) is 0 Å². The molecule has 0 spiro atoms. The monoisotopic (exact) mass is 788 g/mol. The molecule has 2 aromatic carbocycles. The Balaban J connectivity index is 1.59. The zero-order chi connectivity index (χ0) is 41.8. The molecule has 6 rings (SSSR count). The predicted octanol–water partition coefficient (Wildman–Crippen LogP) is 5.21. The summed E-state index contributed by atoms with van der Waals surface area (Å²) in [5.41, 5.74) is -5.55. The second-order valence-electron chi connectivity index (χ2n) is 16.8. The minimum atomic E-state index is -2.21. The standard InChI is InChI=1S/C44H52O13/c1-23-20-32-43(22-52-32,57-28(6)47)36-38(56-39(49)30-18-14-11-15-19-30)44(51)21-31(55-40(50)34(53-26(4)45)24(2)29-16-12-10-13-17-29)25(3)33(41(44,7)8)35(54-27(5)46)37(48)42(23,36)9/h10-19,23-24,31-32,34-36,38,51H,20-22H2,1-9H3/t23-,24-,31?,32+,34+,35+,36-,38-,42+,43-,44+/m0/s1. The number of benzene rings is 2. The van der Waals surface area contributed by atoms with Gasteiger partial charge in [-0.2, -0.15) is 0 Å². The SMILES string of the molecule is CC(=O)O[C@H]1C(=O)[C@@]2(C)[C@H]([C@H](OC(=O)c3ccccc3)[C@]3(O)CC(OC(=O)[C@H](OC(C)=O)[C@@H](C)c4ccccc4)C(C)=C1C3(C)C)[C@]1(OC(C)=O)CO[C@@H]1C[C@@H]2C. The molecule has 306 valence electrons. The maximum atomic E-state index is 15.6. The third-order valence-electron chi connectivity index (χ3n) is 13.2. The molecule has 2 bridgehead atoms. The van der Waals surface area contributed by atoms with Gasteiger partial charge in [0.25, 0.3) is 0 Å². The Bertz CT molecular complexity index is 1970. The molecular weight excluding hydrogens is 736 g/mol. The number of carbonyl (C=O) groups is 6. The molecule has 2 saturated carbocycles. The number of fused-ring (bicyclic) bond motifs is 5. The smallest absolute Gasteiger partial charge is 0.348 e. The van der Waals surface area contributed by atoms with Crippen molar-refractivity contribution in [3.8, 4) is 0 Å². The Kier molecular flexibility index (Phi) is 11.1. The number of hydrogen-bond acceptors (Lipinski definition) is 13. The fourth-order valence-electron chi connectivity index (χ4n) is 9.99. The molecule has 13 nitrogen and oxygen atoms in total. The Morgan fingerprint density at radius 3 is 2.02 bits per heavy atom. The average Bonchev–Trinajstić information content (AvgIpc) is 3.15. The van der Waals surface area contributed by atoms with Gasteiger partial charge in [0.2, 0.25) is 6.10 Å². The van der Waals surface area contributed by atoms with Gasteiger partial charge in [-0.1, -0.05) is 83.1 Å². The van der Waals surface area contributed by atoms with Crippen molar-refractivity contribution in [1.82, 2.24) is 0 Å². The lowest BCUT2D eigenvalue weighted by Gasteiger charge is -2.68. The second kappa shape index (κ2) is 15.1. The van der Waals surface area contributed by atoms with Crippen LogP contribution < -0.4 is 0 Å². The summed E-state index contributed by atoms with van der Waals surface area (Å²) in [6.07, 6.45) is -6.82. The maximum Gasteiger partial charge on any atom is 0.348 e. The molecule has 11 atom stereocenters. The van der Waals surface area contributed by atoms with Crippen LogP contribution in [0.2, 0.25) is 0 Å². The molecule has 1 heterocycles. The summed E-state index contributed by atoms with van der Waals surface area (Å²) in [6.45, 7) is 13.5. The van der Waals surface area contributed by atoms with E-state index in [1.165, 1.54) is 20.8 Å². The van der Waals surface area contributed by atoms with E-state index in [0.717, 1.165) is 0 Å². The molecule has 3 fully saturated rings. The van der Waals surface area contributed by atoms with E-state index in [9.17, 15) is 29.1 Å². The summed E-state index contributed by atoms with van der Waals surface area (Å²) in [6, 6.07) is 17.1. The molecule has 13 heteroatoms. The van der Waals surface area contributed by atoms with Crippen LogP contribution in [0, 0.1) is 22.7 Å². The zero-order valence-corrected chi connectivity index (χ0v) is 33.9. The first kappa shape index (κ1) is 41.7. The van der Waals surface area contributed by atoms with Crippen molar-refractivity contribution >= 4 is 35.6 Å². The van der Waals surface area contributed by atoms with E-state index in [1.807, 2.05) is 13.0 Å². The highest BCUT2D eigenvalue weighted by Gasteiger charge is 2.77. The minimum absolute atomic E-state index is 0.156. The number of Topliss-reactive ketones (excluding diaryl/α,β-unsaturated/α-hetero) is 1. The lowest BCUT2D eigenvalue weighted by atomic mass is 9.43. The summed E-state index contributed by atoms with van der Waals surface area (Å²) in [5, 5.41) is 13.7. The van der Waals surface area contributed by atoms with Gasteiger partial charge in [-0.3, -0.25) is 19.2 Å². The molecule has 0 amide bonds. The number of ether oxygens (including phenoxy) is 6. The first-order valence-corrected chi connectivity index (χ1v) is 19.4. The van der Waals surface area contributed by atoms with Gasteiger partial charge in [0, 0.05) is 43.9 Å². The number of esters is 5. The molecule has 1 N–H and O–H groups in total. The first-order chi connectivity index (χ1) is 26.7. The van der Waals surface area contributed by atoms with Gasteiger partial charge in [0.05, 0.1) is 18.1 Å². The van der Waals surface area contributed by atoms with Crippen LogP contribution in [-0.4, -0.2) is 89.1 Å². The van der Waals surface area contributed by atoms with Crippen LogP contribution in [-0.2, 0) is 52.4 Å². The number of hydrogen-bond donors (Lipinski definition) is 1. The average molecular weight is 789 g/mol. The molecule has 0 aromatic heterocycles. The maximum absolute atomic E-state index is 15.6. The van der Waals surface area contributed by atoms with Gasteiger partial charge < -0.3 is 33.5 Å². The number of ketones is 1. The quantitative estimate of drug-likeness (QED) is 0.199. The van der Waals surface area contributed by atoms with Gasteiger partial charge >= 0.3 is 29.8 Å². The summed E-state index contributed by atoms with van der Waals surface area (Å²) in [7, 11) is 0. The van der Waals surface area contributed by atoms with Gasteiger partial charge in [0.15, 0.2) is 17.5 Å². The lowest BCUT2D eigenvalue weighted by molar-refractivity contribution is -0.340. The number of rotatable bonds is 9. The molecular formula is C44H52O13. The first-order valence-electron chi connectivity index (χ1n) is 19.4. The molecule has 57 heavy (non-hydrogen) atoms. The summed E-state index contributed by atoms with van der Waals surface area (Å²) < 4.78 is 36.4. The van der Waals surface area contributed by atoms with Crippen molar-refractivity contribution in [2.24, 2.45) is 22.7 Å². The van der Waals surface area contributed by atoms with Crippen molar-refractivity contribution < 1.29 is 62.3 Å². The number of carbonyl (C=O) groups excluding carboxylic acids is 6. The Morgan fingerprint density at radius 2 is 1.47 bits per heavy atom. The van der Waals surface area contributed by atoms with Crippen LogP contribution in [0.1, 0.15) is 97.0 Å². The fourth-order valence-corrected chi connectivity index (χ4v) is 9.99. The lowest BCUT2D eigenvalue weighted by Crippen LogP contribution is -2.80. The molecule has 0 radical (unpaired) electrons. The highest BCUT2D eigenvalue weighted by molar-refractivity contribution is 5.95. The molecule has 1 aliphatic heterocycles. The van der Waals surface area contributed by atoms with E-state index in [0.29, 0.717) is 11.1 Å². The topological polar surface area (TPSA) is 178 Å². The van der Waals surface area contributed by atoms with Gasteiger partial charge in [-0.25, -0.2) is 9.59 Å². The molecule has 1 saturated heterocycles. The normalized spacial score (nSPS) is 33.7. The van der Waals surface area contributed by atoms with Crippen molar-refractivity contribution in [2.75, 3.05) is 6.61 Å². The van der Waals surface area contributed by atoms with Crippen LogP contribution >= 0.6 is 0 Å². The largest absolute Gasteiger partial charge is 0.455 e. The fraction of sp³-hybridized carbons (Fsp3) is 0.545. The van der Waals surface area contributed by atoms with E-state index in [-0.39, 0.29) is 30.6 Å². The van der Waals surface area contributed by atoms with Crippen molar-refractivity contribution in [3.05, 3.63) is 82.9 Å². The van der Waals surface area contributed by atoms with Crippen LogP contribution in [0.4, 0.5) is 0 Å². The highest BCUT2D eigenvalue weighted by Crippen LogP contribution is 2.65. The summed E-state index contributed by atoms with van der Waals surface area (Å²) >= 11 is 0. The molecule has 4 aliphatic rings.